The molecule has 1 aliphatic rings. The first kappa shape index (κ1) is 23.4. The lowest BCUT2D eigenvalue weighted by Gasteiger charge is -2.41. The highest BCUT2D eigenvalue weighted by Crippen LogP contribution is 2.37. The van der Waals surface area contributed by atoms with Crippen molar-refractivity contribution in [2.24, 2.45) is 0 Å². The molecule has 3 rings (SSSR count). The fraction of sp³-hybridized carbons (Fsp3) is 0.476. The topological polar surface area (TPSA) is 159 Å². The van der Waals surface area contributed by atoms with Gasteiger partial charge in [0, 0.05) is 11.5 Å². The predicted molar refractivity (Wildman–Crippen MR) is 107 cm³/mol. The maximum atomic E-state index is 11.8. The Balaban J connectivity index is 2.00. The van der Waals surface area contributed by atoms with Crippen LogP contribution in [0, 0.1) is 0 Å². The van der Waals surface area contributed by atoms with Crippen LogP contribution in [0.3, 0.4) is 0 Å². The second-order valence-electron chi connectivity index (χ2n) is 7.40. The third kappa shape index (κ3) is 4.51. The van der Waals surface area contributed by atoms with E-state index < -0.39 is 55.1 Å². The second kappa shape index (κ2) is 9.45. The summed E-state index contributed by atoms with van der Waals surface area (Å²) < 4.78 is 21.7. The van der Waals surface area contributed by atoms with Gasteiger partial charge in [-0.25, -0.2) is 4.79 Å². The number of methoxy groups -OCH3 is 1. The largest absolute Gasteiger partial charge is 0.496 e. The zero-order valence-electron chi connectivity index (χ0n) is 17.0. The predicted octanol–water partition coefficient (Wildman–Crippen LogP) is -0.404. The van der Waals surface area contributed by atoms with Crippen molar-refractivity contribution in [2.45, 2.75) is 49.8 Å². The average molecular weight is 438 g/mol. The molecule has 1 fully saturated rings. The normalized spacial score (nSPS) is 28.3. The molecular formula is C21H26O10. The van der Waals surface area contributed by atoms with E-state index in [4.69, 9.17) is 18.6 Å². The van der Waals surface area contributed by atoms with Gasteiger partial charge in [-0.15, -0.1) is 0 Å². The lowest BCUT2D eigenvalue weighted by Crippen LogP contribution is -2.60. The molecule has 10 heteroatoms. The number of aliphatic hydroxyl groups excluding tert-OH is 5. The van der Waals surface area contributed by atoms with Gasteiger partial charge in [0.1, 0.15) is 48.0 Å². The molecule has 2 heterocycles. The van der Waals surface area contributed by atoms with E-state index in [-0.39, 0.29) is 16.9 Å². The van der Waals surface area contributed by atoms with Crippen LogP contribution in [0.5, 0.6) is 5.75 Å². The average Bonchev–Trinajstić information content (AvgIpc) is 2.75. The Bertz CT molecular complexity index is 984. The molecule has 2 aromatic rings. The molecule has 0 saturated carbocycles. The molecule has 1 aromatic heterocycles. The van der Waals surface area contributed by atoms with Crippen LogP contribution < -0.4 is 10.4 Å². The van der Waals surface area contributed by atoms with E-state index in [0.29, 0.717) is 11.0 Å². The van der Waals surface area contributed by atoms with Crippen molar-refractivity contribution in [3.63, 3.8) is 0 Å². The number of ether oxygens (including phenoxy) is 3. The van der Waals surface area contributed by atoms with E-state index in [1.165, 1.54) is 19.2 Å². The van der Waals surface area contributed by atoms with Crippen LogP contribution in [0.1, 0.15) is 18.6 Å². The minimum absolute atomic E-state index is 0.0861. The summed E-state index contributed by atoms with van der Waals surface area (Å²) in [6.45, 7) is 4.73. The van der Waals surface area contributed by atoms with E-state index in [1.807, 2.05) is 0 Å². The van der Waals surface area contributed by atoms with Crippen molar-refractivity contribution in [1.29, 1.82) is 0 Å². The van der Waals surface area contributed by atoms with Gasteiger partial charge in [0.15, 0.2) is 6.29 Å². The lowest BCUT2D eigenvalue weighted by atomic mass is 9.96. The first-order chi connectivity index (χ1) is 14.7. The molecule has 0 amide bonds. The monoisotopic (exact) mass is 438 g/mol. The van der Waals surface area contributed by atoms with Crippen LogP contribution in [0.15, 0.2) is 45.6 Å². The number of benzene rings is 1. The Hall–Kier alpha value is -2.31. The molecule has 7 atom stereocenters. The van der Waals surface area contributed by atoms with Gasteiger partial charge in [0.25, 0.3) is 0 Å². The van der Waals surface area contributed by atoms with E-state index in [2.05, 4.69) is 6.58 Å². The van der Waals surface area contributed by atoms with Gasteiger partial charge in [0.05, 0.1) is 19.3 Å². The van der Waals surface area contributed by atoms with Crippen molar-refractivity contribution in [1.82, 2.24) is 0 Å². The van der Waals surface area contributed by atoms with Gasteiger partial charge in [-0.1, -0.05) is 6.58 Å². The van der Waals surface area contributed by atoms with Crippen molar-refractivity contribution >= 4 is 11.0 Å². The number of aliphatic hydroxyl groups is 5. The van der Waals surface area contributed by atoms with Crippen LogP contribution in [-0.4, -0.2) is 76.1 Å². The highest BCUT2D eigenvalue weighted by atomic mass is 16.7. The van der Waals surface area contributed by atoms with Gasteiger partial charge in [0.2, 0.25) is 0 Å². The van der Waals surface area contributed by atoms with E-state index in [9.17, 15) is 30.3 Å². The molecule has 31 heavy (non-hydrogen) atoms. The van der Waals surface area contributed by atoms with Gasteiger partial charge < -0.3 is 44.2 Å². The molecule has 0 unspecified atom stereocenters. The first-order valence-corrected chi connectivity index (χ1v) is 9.59. The number of hydrogen-bond acceptors (Lipinski definition) is 10. The van der Waals surface area contributed by atoms with E-state index >= 15 is 0 Å². The number of hydrogen-bond donors (Lipinski definition) is 5. The summed E-state index contributed by atoms with van der Waals surface area (Å²) in [5.41, 5.74) is -0.101. The Morgan fingerprint density at radius 3 is 2.45 bits per heavy atom. The third-order valence-electron chi connectivity index (χ3n) is 5.21. The molecule has 5 N–H and O–H groups in total. The highest BCUT2D eigenvalue weighted by Gasteiger charge is 2.45. The van der Waals surface area contributed by atoms with Crippen LogP contribution in [0.25, 0.3) is 11.0 Å². The van der Waals surface area contributed by atoms with Crippen LogP contribution in [0.2, 0.25) is 0 Å². The molecule has 0 spiro atoms. The second-order valence-corrected chi connectivity index (χ2v) is 7.40. The van der Waals surface area contributed by atoms with E-state index in [1.54, 1.807) is 19.1 Å². The Kier molecular flexibility index (Phi) is 7.12. The maximum absolute atomic E-state index is 11.8. The van der Waals surface area contributed by atoms with Crippen molar-refractivity contribution < 1.29 is 44.2 Å². The third-order valence-corrected chi connectivity index (χ3v) is 5.21. The van der Waals surface area contributed by atoms with E-state index in [0.717, 1.165) is 0 Å². The molecule has 0 radical (unpaired) electrons. The van der Waals surface area contributed by atoms with Crippen molar-refractivity contribution in [3.8, 4) is 5.75 Å². The summed E-state index contributed by atoms with van der Waals surface area (Å²) in [4.78, 5) is 11.8. The minimum atomic E-state index is -1.67. The zero-order valence-corrected chi connectivity index (χ0v) is 17.0. The van der Waals surface area contributed by atoms with Crippen LogP contribution in [-0.2, 0) is 9.47 Å². The maximum Gasteiger partial charge on any atom is 0.336 e. The smallest absolute Gasteiger partial charge is 0.336 e. The van der Waals surface area contributed by atoms with Crippen molar-refractivity contribution in [2.75, 3.05) is 13.7 Å². The highest BCUT2D eigenvalue weighted by molar-refractivity contribution is 5.82. The van der Waals surface area contributed by atoms with Gasteiger partial charge in [-0.05, 0) is 30.7 Å². The molecule has 1 aliphatic heterocycles. The first-order valence-electron chi connectivity index (χ1n) is 9.59. The summed E-state index contributed by atoms with van der Waals surface area (Å²) in [7, 11) is 1.38. The summed E-state index contributed by atoms with van der Waals surface area (Å²) in [5, 5.41) is 51.3. The van der Waals surface area contributed by atoms with Gasteiger partial charge in [-0.2, -0.15) is 0 Å². The summed E-state index contributed by atoms with van der Waals surface area (Å²) in [6.07, 6.45) is -10.2. The van der Waals surface area contributed by atoms with Gasteiger partial charge >= 0.3 is 5.63 Å². The summed E-state index contributed by atoms with van der Waals surface area (Å²) in [6, 6.07) is 6.02. The van der Waals surface area contributed by atoms with Crippen LogP contribution in [0.4, 0.5) is 0 Å². The molecule has 10 nitrogen and oxygen atoms in total. The zero-order chi connectivity index (χ0) is 22.9. The Morgan fingerprint density at radius 2 is 1.84 bits per heavy atom. The molecular weight excluding hydrogens is 412 g/mol. The van der Waals surface area contributed by atoms with Gasteiger partial charge in [-0.3, -0.25) is 0 Å². The Morgan fingerprint density at radius 1 is 1.16 bits per heavy atom. The molecule has 0 bridgehead atoms. The number of fused-ring (bicyclic) bond motifs is 1. The quantitative estimate of drug-likeness (QED) is 0.284. The van der Waals surface area contributed by atoms with Crippen LogP contribution >= 0.6 is 0 Å². The molecule has 0 aliphatic carbocycles. The summed E-state index contributed by atoms with van der Waals surface area (Å²) in [5.74, 6) is 0.220. The molecule has 1 aromatic carbocycles. The minimum Gasteiger partial charge on any atom is -0.496 e. The Labute approximate surface area is 177 Å². The standard InChI is InChI=1S/C21H26O10/c1-9(2)19(31-21-18(27)17(26)15(24)12(8-22)29-21)16(25)14-11(28-3)6-4-10-5-7-13(23)30-20(10)14/h4-7,12,15-19,21-22,24-27H,1,8H2,2-3H3/t12-,15-,16-,17+,18-,19+,21+/m1/s1. The fourth-order valence-electron chi connectivity index (χ4n) is 3.53. The molecule has 1 saturated heterocycles. The SMILES string of the molecule is C=C(C)[C@H](O[C@@H]1O[C@H](CO)[C@@H](O)[C@H](O)[C@H]1O)[C@H](O)c1c(OC)ccc2ccc(=O)oc12. The van der Waals surface area contributed by atoms with Crippen molar-refractivity contribution in [3.05, 3.63) is 52.4 Å². The number of rotatable bonds is 7. The molecule has 170 valence electrons. The lowest BCUT2D eigenvalue weighted by molar-refractivity contribution is -0.313. The summed E-state index contributed by atoms with van der Waals surface area (Å²) >= 11 is 0. The fourth-order valence-corrected chi connectivity index (χ4v) is 3.53.